The number of nitrogens with zero attached hydrogens (tertiary/aromatic N) is 2. The molecule has 3 heteroatoms. The normalized spacial score (nSPS) is 11.3. The molecular formula is C21H21IN2. The lowest BCUT2D eigenvalue weighted by molar-refractivity contribution is 0.962. The summed E-state index contributed by atoms with van der Waals surface area (Å²) in [5.41, 5.74) is 7.17. The molecule has 0 bridgehead atoms. The molecule has 122 valence electrons. The highest BCUT2D eigenvalue weighted by molar-refractivity contribution is 14.1. The van der Waals surface area contributed by atoms with Crippen molar-refractivity contribution in [3.63, 3.8) is 0 Å². The van der Waals surface area contributed by atoms with E-state index in [1.165, 1.54) is 22.6 Å². The van der Waals surface area contributed by atoms with Gasteiger partial charge < -0.3 is 4.57 Å². The Morgan fingerprint density at radius 3 is 2.42 bits per heavy atom. The molecule has 0 spiro atoms. The van der Waals surface area contributed by atoms with Crippen molar-refractivity contribution in [1.29, 1.82) is 0 Å². The largest absolute Gasteiger partial charge is 0.318 e. The minimum Gasteiger partial charge on any atom is -0.318 e. The van der Waals surface area contributed by atoms with Gasteiger partial charge in [-0.2, -0.15) is 0 Å². The quantitative estimate of drug-likeness (QED) is 0.358. The summed E-state index contributed by atoms with van der Waals surface area (Å²) >= 11 is 2.32. The van der Waals surface area contributed by atoms with Gasteiger partial charge in [-0.15, -0.1) is 0 Å². The molecule has 0 saturated heterocycles. The van der Waals surface area contributed by atoms with E-state index in [1.54, 1.807) is 0 Å². The molecule has 0 aliphatic carbocycles. The van der Waals surface area contributed by atoms with E-state index in [1.807, 2.05) is 24.4 Å². The lowest BCUT2D eigenvalue weighted by Gasteiger charge is -2.10. The van der Waals surface area contributed by atoms with Crippen LogP contribution in [0.25, 0.3) is 5.69 Å². The first-order valence-electron chi connectivity index (χ1n) is 8.17. The Balaban J connectivity index is 1.95. The molecule has 0 unspecified atom stereocenters. The van der Waals surface area contributed by atoms with E-state index in [9.17, 15) is 0 Å². The second-order valence-electron chi connectivity index (χ2n) is 5.89. The first kappa shape index (κ1) is 17.0. The van der Waals surface area contributed by atoms with Gasteiger partial charge in [0.2, 0.25) is 0 Å². The van der Waals surface area contributed by atoms with Crippen LogP contribution in [0.4, 0.5) is 5.69 Å². The summed E-state index contributed by atoms with van der Waals surface area (Å²) in [6.45, 7) is 6.48. The van der Waals surface area contributed by atoms with Crippen molar-refractivity contribution in [1.82, 2.24) is 4.57 Å². The number of benzene rings is 2. The van der Waals surface area contributed by atoms with E-state index in [0.717, 1.165) is 21.2 Å². The molecule has 24 heavy (non-hydrogen) atoms. The second-order valence-corrected chi connectivity index (χ2v) is 7.05. The lowest BCUT2D eigenvalue weighted by atomic mass is 10.1. The fourth-order valence-corrected chi connectivity index (χ4v) is 3.42. The zero-order valence-corrected chi connectivity index (χ0v) is 16.4. The maximum absolute atomic E-state index is 4.67. The van der Waals surface area contributed by atoms with Crippen LogP contribution < -0.4 is 0 Å². The van der Waals surface area contributed by atoms with Gasteiger partial charge in [-0.3, -0.25) is 4.99 Å². The third-order valence-electron chi connectivity index (χ3n) is 4.27. The summed E-state index contributed by atoms with van der Waals surface area (Å²) in [5.74, 6) is 0. The Morgan fingerprint density at radius 2 is 1.75 bits per heavy atom. The molecule has 2 aromatic carbocycles. The first-order valence-corrected chi connectivity index (χ1v) is 9.25. The molecule has 0 fully saturated rings. The summed E-state index contributed by atoms with van der Waals surface area (Å²) in [5, 5.41) is 0. The van der Waals surface area contributed by atoms with Crippen molar-refractivity contribution in [2.45, 2.75) is 27.2 Å². The van der Waals surface area contributed by atoms with E-state index in [0.29, 0.717) is 0 Å². The Labute approximate surface area is 157 Å². The van der Waals surface area contributed by atoms with Crippen LogP contribution in [0.1, 0.15) is 29.4 Å². The molecule has 1 aromatic heterocycles. The van der Waals surface area contributed by atoms with Crippen LogP contribution in [0.5, 0.6) is 0 Å². The van der Waals surface area contributed by atoms with E-state index < -0.39 is 0 Å². The molecular weight excluding hydrogens is 407 g/mol. The van der Waals surface area contributed by atoms with Crippen LogP contribution in [0.15, 0.2) is 59.6 Å². The molecule has 0 aliphatic heterocycles. The molecule has 0 radical (unpaired) electrons. The van der Waals surface area contributed by atoms with Gasteiger partial charge in [-0.05, 0) is 78.8 Å². The molecule has 1 heterocycles. The van der Waals surface area contributed by atoms with Gasteiger partial charge >= 0.3 is 0 Å². The fraction of sp³-hybridized carbons (Fsp3) is 0.190. The van der Waals surface area contributed by atoms with Gasteiger partial charge in [0.25, 0.3) is 0 Å². The SMILES string of the molecule is CCc1ccc(-n2c(C)cc(C=Nc3ccccc3I)c2C)cc1. The maximum atomic E-state index is 4.67. The number of hydrogen-bond acceptors (Lipinski definition) is 1. The zero-order chi connectivity index (χ0) is 17.1. The van der Waals surface area contributed by atoms with Crippen LogP contribution >= 0.6 is 22.6 Å². The number of aryl methyl sites for hydroxylation is 2. The average Bonchev–Trinajstić information content (AvgIpc) is 2.88. The summed E-state index contributed by atoms with van der Waals surface area (Å²) in [6, 6.07) is 19.2. The zero-order valence-electron chi connectivity index (χ0n) is 14.3. The third-order valence-corrected chi connectivity index (χ3v) is 5.18. The fourth-order valence-electron chi connectivity index (χ4n) is 2.89. The van der Waals surface area contributed by atoms with Crippen molar-refractivity contribution in [2.75, 3.05) is 0 Å². The van der Waals surface area contributed by atoms with Crippen LogP contribution in [0.2, 0.25) is 0 Å². The molecule has 2 nitrogen and oxygen atoms in total. The Kier molecular flexibility index (Phi) is 5.19. The number of aromatic nitrogens is 1. The Morgan fingerprint density at radius 1 is 1.04 bits per heavy atom. The molecule has 3 aromatic rings. The summed E-state index contributed by atoms with van der Waals surface area (Å²) < 4.78 is 3.45. The number of halogens is 1. The predicted molar refractivity (Wildman–Crippen MR) is 111 cm³/mol. The van der Waals surface area contributed by atoms with E-state index >= 15 is 0 Å². The molecule has 0 atom stereocenters. The van der Waals surface area contributed by atoms with E-state index in [2.05, 4.69) is 89.3 Å². The smallest absolute Gasteiger partial charge is 0.0763 e. The maximum Gasteiger partial charge on any atom is 0.0763 e. The number of para-hydroxylation sites is 1. The van der Waals surface area contributed by atoms with Crippen molar-refractivity contribution in [3.8, 4) is 5.69 Å². The van der Waals surface area contributed by atoms with Gasteiger partial charge in [-0.1, -0.05) is 31.2 Å². The van der Waals surface area contributed by atoms with Crippen molar-refractivity contribution in [2.24, 2.45) is 4.99 Å². The summed E-state index contributed by atoms with van der Waals surface area (Å²) in [7, 11) is 0. The van der Waals surface area contributed by atoms with Gasteiger partial charge in [-0.25, -0.2) is 0 Å². The first-order chi connectivity index (χ1) is 11.6. The molecule has 0 saturated carbocycles. The van der Waals surface area contributed by atoms with Crippen LogP contribution in [0.3, 0.4) is 0 Å². The van der Waals surface area contributed by atoms with E-state index in [4.69, 9.17) is 0 Å². The third kappa shape index (κ3) is 3.46. The molecule has 3 rings (SSSR count). The Bertz CT molecular complexity index is 873. The monoisotopic (exact) mass is 428 g/mol. The van der Waals surface area contributed by atoms with Crippen molar-refractivity contribution in [3.05, 3.63) is 80.7 Å². The number of rotatable bonds is 4. The highest BCUT2D eigenvalue weighted by Crippen LogP contribution is 2.23. The summed E-state index contributed by atoms with van der Waals surface area (Å²) in [6.07, 6.45) is 3.04. The highest BCUT2D eigenvalue weighted by Gasteiger charge is 2.09. The second kappa shape index (κ2) is 7.34. The van der Waals surface area contributed by atoms with Gasteiger partial charge in [0.15, 0.2) is 0 Å². The molecule has 0 aliphatic rings. The van der Waals surface area contributed by atoms with Crippen LogP contribution in [-0.2, 0) is 6.42 Å². The van der Waals surface area contributed by atoms with Crippen LogP contribution in [0, 0.1) is 17.4 Å². The van der Waals surface area contributed by atoms with Crippen molar-refractivity contribution < 1.29 is 0 Å². The van der Waals surface area contributed by atoms with Gasteiger partial charge in [0, 0.05) is 32.4 Å². The number of aliphatic imine (C=N–C) groups is 1. The predicted octanol–water partition coefficient (Wildman–Crippen LogP) is 6.01. The lowest BCUT2D eigenvalue weighted by Crippen LogP contribution is -1.99. The average molecular weight is 428 g/mol. The van der Waals surface area contributed by atoms with Crippen LogP contribution in [-0.4, -0.2) is 10.8 Å². The topological polar surface area (TPSA) is 17.3 Å². The molecule has 0 amide bonds. The van der Waals surface area contributed by atoms with Gasteiger partial charge in [0.1, 0.15) is 0 Å². The van der Waals surface area contributed by atoms with Gasteiger partial charge in [0.05, 0.1) is 5.69 Å². The van der Waals surface area contributed by atoms with E-state index in [-0.39, 0.29) is 0 Å². The number of hydrogen-bond donors (Lipinski definition) is 0. The van der Waals surface area contributed by atoms with Crippen molar-refractivity contribution >= 4 is 34.5 Å². The highest BCUT2D eigenvalue weighted by atomic mass is 127. The summed E-state index contributed by atoms with van der Waals surface area (Å²) in [4.78, 5) is 4.67. The standard InChI is InChI=1S/C21H21IN2/c1-4-17-9-11-19(12-10-17)24-15(2)13-18(16(24)3)14-23-21-8-6-5-7-20(21)22/h5-14H,4H2,1-3H3. The Hall–Kier alpha value is -1.88. The minimum atomic E-state index is 1.01. The minimum absolute atomic E-state index is 1.01. The molecule has 0 N–H and O–H groups in total.